The number of hydrogen-bond acceptors (Lipinski definition) is 7. The molecule has 7 nitrogen and oxygen atoms in total. The van der Waals surface area contributed by atoms with Gasteiger partial charge in [-0.1, -0.05) is 96.8 Å². The Labute approximate surface area is 188 Å². The van der Waals surface area contributed by atoms with E-state index in [0.717, 1.165) is 12.8 Å². The molecule has 0 radical (unpaired) electrons. The van der Waals surface area contributed by atoms with Crippen LogP contribution in [-0.4, -0.2) is 63.7 Å². The molecule has 0 unspecified atom stereocenters. The molecular formula is C24H46O7. The molecule has 0 aromatic heterocycles. The lowest BCUT2D eigenvalue weighted by Crippen LogP contribution is -2.59. The van der Waals surface area contributed by atoms with Gasteiger partial charge in [0.1, 0.15) is 18.3 Å². The number of carbonyl (C=O) groups is 1. The van der Waals surface area contributed by atoms with Gasteiger partial charge in [-0.3, -0.25) is 4.79 Å². The Bertz CT molecular complexity index is 446. The molecule has 184 valence electrons. The summed E-state index contributed by atoms with van der Waals surface area (Å²) in [5.74, 6) is -0.531. The summed E-state index contributed by atoms with van der Waals surface area (Å²) in [7, 11) is 0. The quantitative estimate of drug-likeness (QED) is 0.188. The van der Waals surface area contributed by atoms with Crippen LogP contribution in [0.5, 0.6) is 0 Å². The molecule has 1 heterocycles. The lowest BCUT2D eigenvalue weighted by atomic mass is 9.99. The monoisotopic (exact) mass is 446 g/mol. The van der Waals surface area contributed by atoms with Gasteiger partial charge in [0.25, 0.3) is 0 Å². The van der Waals surface area contributed by atoms with Crippen LogP contribution < -0.4 is 0 Å². The topological polar surface area (TPSA) is 116 Å². The average Bonchev–Trinajstić information content (AvgIpc) is 2.76. The van der Waals surface area contributed by atoms with Crippen LogP contribution in [0.3, 0.4) is 0 Å². The maximum atomic E-state index is 12.0. The van der Waals surface area contributed by atoms with Crippen molar-refractivity contribution in [3.05, 3.63) is 0 Å². The highest BCUT2D eigenvalue weighted by Crippen LogP contribution is 2.23. The Kier molecular flexibility index (Phi) is 16.2. The number of aliphatic hydroxyl groups is 4. The van der Waals surface area contributed by atoms with Crippen LogP contribution in [0.4, 0.5) is 0 Å². The molecule has 1 saturated heterocycles. The van der Waals surface area contributed by atoms with Crippen LogP contribution in [-0.2, 0) is 14.3 Å². The summed E-state index contributed by atoms with van der Waals surface area (Å²) >= 11 is 0. The van der Waals surface area contributed by atoms with Gasteiger partial charge in [0.2, 0.25) is 0 Å². The Balaban J connectivity index is 1.95. The molecule has 1 aliphatic rings. The highest BCUT2D eigenvalue weighted by atomic mass is 16.7. The van der Waals surface area contributed by atoms with Gasteiger partial charge in [0, 0.05) is 6.42 Å². The van der Waals surface area contributed by atoms with Gasteiger partial charge in [-0.2, -0.15) is 0 Å². The number of ether oxygens (including phenoxy) is 2. The largest absolute Gasteiger partial charge is 0.454 e. The molecule has 31 heavy (non-hydrogen) atoms. The van der Waals surface area contributed by atoms with Gasteiger partial charge in [0.05, 0.1) is 6.61 Å². The van der Waals surface area contributed by atoms with E-state index >= 15 is 0 Å². The first kappa shape index (κ1) is 28.3. The predicted octanol–water partition coefficient (Wildman–Crippen LogP) is 3.59. The van der Waals surface area contributed by atoms with E-state index < -0.39 is 43.3 Å². The van der Waals surface area contributed by atoms with Crippen LogP contribution in [0.1, 0.15) is 110 Å². The SMILES string of the molecule is CCCCCCCCCCCCCCCCCC(=O)O[C@@H]1[C@@H](O)[C@H](O)[C@@H](CO)O[C@@H]1O. The molecule has 5 atom stereocenters. The van der Waals surface area contributed by atoms with E-state index in [9.17, 15) is 20.1 Å². The van der Waals surface area contributed by atoms with E-state index in [4.69, 9.17) is 14.6 Å². The first-order valence-corrected chi connectivity index (χ1v) is 12.5. The zero-order valence-corrected chi connectivity index (χ0v) is 19.4. The number of rotatable bonds is 18. The average molecular weight is 447 g/mol. The van der Waals surface area contributed by atoms with Crippen molar-refractivity contribution in [1.82, 2.24) is 0 Å². The van der Waals surface area contributed by atoms with Gasteiger partial charge in [0.15, 0.2) is 12.4 Å². The summed E-state index contributed by atoms with van der Waals surface area (Å²) in [5.41, 5.74) is 0. The molecule has 0 aromatic carbocycles. The first-order chi connectivity index (χ1) is 15.0. The molecule has 1 rings (SSSR count). The number of hydrogen-bond donors (Lipinski definition) is 4. The third kappa shape index (κ3) is 12.2. The molecule has 4 N–H and O–H groups in total. The van der Waals surface area contributed by atoms with E-state index in [1.807, 2.05) is 0 Å². The smallest absolute Gasteiger partial charge is 0.306 e. The fourth-order valence-electron chi connectivity index (χ4n) is 4.05. The Hall–Kier alpha value is -0.730. The molecule has 1 aliphatic heterocycles. The van der Waals surface area contributed by atoms with Crippen molar-refractivity contribution in [2.24, 2.45) is 0 Å². The molecule has 0 amide bonds. The Morgan fingerprint density at radius 1 is 0.742 bits per heavy atom. The van der Waals surface area contributed by atoms with Crippen LogP contribution in [0.2, 0.25) is 0 Å². The lowest BCUT2D eigenvalue weighted by molar-refractivity contribution is -0.290. The van der Waals surface area contributed by atoms with Crippen LogP contribution >= 0.6 is 0 Å². The maximum absolute atomic E-state index is 12.0. The van der Waals surface area contributed by atoms with Crippen LogP contribution in [0.15, 0.2) is 0 Å². The third-order valence-corrected chi connectivity index (χ3v) is 6.09. The van der Waals surface area contributed by atoms with Gasteiger partial charge in [-0.25, -0.2) is 0 Å². The minimum atomic E-state index is -1.57. The van der Waals surface area contributed by atoms with E-state index in [-0.39, 0.29) is 6.42 Å². The van der Waals surface area contributed by atoms with E-state index in [2.05, 4.69) is 6.92 Å². The van der Waals surface area contributed by atoms with Crippen molar-refractivity contribution in [2.45, 2.75) is 140 Å². The molecule has 1 fully saturated rings. The minimum absolute atomic E-state index is 0.202. The fourth-order valence-corrected chi connectivity index (χ4v) is 4.05. The maximum Gasteiger partial charge on any atom is 0.306 e. The third-order valence-electron chi connectivity index (χ3n) is 6.09. The zero-order chi connectivity index (χ0) is 22.9. The van der Waals surface area contributed by atoms with Crippen molar-refractivity contribution in [2.75, 3.05) is 6.61 Å². The second kappa shape index (κ2) is 17.8. The predicted molar refractivity (Wildman–Crippen MR) is 119 cm³/mol. The summed E-state index contributed by atoms with van der Waals surface area (Å²) in [4.78, 5) is 12.0. The molecule has 0 aliphatic carbocycles. The van der Waals surface area contributed by atoms with Crippen molar-refractivity contribution >= 4 is 5.97 Å². The summed E-state index contributed by atoms with van der Waals surface area (Å²) in [6.07, 6.45) is 11.9. The molecule has 0 saturated carbocycles. The van der Waals surface area contributed by atoms with Gasteiger partial charge in [-0.05, 0) is 6.42 Å². The minimum Gasteiger partial charge on any atom is -0.454 e. The normalized spacial score (nSPS) is 26.2. The van der Waals surface area contributed by atoms with Crippen LogP contribution in [0.25, 0.3) is 0 Å². The molecule has 0 bridgehead atoms. The van der Waals surface area contributed by atoms with Crippen molar-refractivity contribution in [3.8, 4) is 0 Å². The van der Waals surface area contributed by atoms with E-state index in [1.54, 1.807) is 0 Å². The van der Waals surface area contributed by atoms with Crippen LogP contribution in [0, 0.1) is 0 Å². The van der Waals surface area contributed by atoms with E-state index in [1.165, 1.54) is 77.0 Å². The zero-order valence-electron chi connectivity index (χ0n) is 19.4. The highest BCUT2D eigenvalue weighted by molar-refractivity contribution is 5.69. The summed E-state index contributed by atoms with van der Waals surface area (Å²) in [6.45, 7) is 1.70. The van der Waals surface area contributed by atoms with Crippen molar-refractivity contribution in [1.29, 1.82) is 0 Å². The Morgan fingerprint density at radius 3 is 1.65 bits per heavy atom. The first-order valence-electron chi connectivity index (χ1n) is 12.5. The van der Waals surface area contributed by atoms with Crippen molar-refractivity contribution in [3.63, 3.8) is 0 Å². The Morgan fingerprint density at radius 2 is 1.19 bits per heavy atom. The molecular weight excluding hydrogens is 400 g/mol. The van der Waals surface area contributed by atoms with Gasteiger partial charge in [-0.15, -0.1) is 0 Å². The number of aliphatic hydroxyl groups excluding tert-OH is 4. The molecule has 0 aromatic rings. The highest BCUT2D eigenvalue weighted by Gasteiger charge is 2.45. The lowest BCUT2D eigenvalue weighted by Gasteiger charge is -2.39. The van der Waals surface area contributed by atoms with E-state index in [0.29, 0.717) is 6.42 Å². The van der Waals surface area contributed by atoms with Gasteiger partial charge < -0.3 is 29.9 Å². The van der Waals surface area contributed by atoms with Crippen molar-refractivity contribution < 1.29 is 34.7 Å². The number of esters is 1. The summed E-state index contributed by atoms with van der Waals surface area (Å²) < 4.78 is 10.1. The fraction of sp³-hybridized carbons (Fsp3) is 0.958. The standard InChI is InChI=1S/C24H46O7/c1-2-3-4-5-6-7-8-9-10-11-12-13-14-15-16-17-20(26)31-23-22(28)21(27)19(18-25)30-24(23)29/h19,21-25,27-29H,2-18H2,1H3/t19-,21-,22+,23-,24+/m1/s1. The summed E-state index contributed by atoms with van der Waals surface area (Å²) in [6, 6.07) is 0. The molecule has 7 heteroatoms. The number of unbranched alkanes of at least 4 members (excludes halogenated alkanes) is 14. The summed E-state index contributed by atoms with van der Waals surface area (Å²) in [5, 5.41) is 38.7. The number of carbonyl (C=O) groups excluding carboxylic acids is 1. The second-order valence-electron chi connectivity index (χ2n) is 8.88. The van der Waals surface area contributed by atoms with Gasteiger partial charge >= 0.3 is 5.97 Å². The second-order valence-corrected chi connectivity index (χ2v) is 8.88. The molecule has 0 spiro atoms.